The molecule has 1 heteroatoms. The topological polar surface area (TPSA) is 20.2 Å². The van der Waals surface area contributed by atoms with Crippen LogP contribution < -0.4 is 0 Å². The molecule has 2 bridgehead atoms. The Morgan fingerprint density at radius 2 is 1.62 bits per heavy atom. The van der Waals surface area contributed by atoms with E-state index in [2.05, 4.69) is 27.7 Å². The van der Waals surface area contributed by atoms with E-state index in [0.29, 0.717) is 16.2 Å². The van der Waals surface area contributed by atoms with Crippen molar-refractivity contribution in [1.29, 1.82) is 0 Å². The normalized spacial score (nSPS) is 58.7. The van der Waals surface area contributed by atoms with Crippen molar-refractivity contribution in [2.45, 2.75) is 72.3 Å². The maximum atomic E-state index is 10.5. The quantitative estimate of drug-likeness (QED) is 0.662. The predicted octanol–water partition coefficient (Wildman–Crippen LogP) is 3.75. The van der Waals surface area contributed by atoms with Crippen LogP contribution in [0.4, 0.5) is 0 Å². The zero-order valence-corrected chi connectivity index (χ0v) is 11.3. The molecule has 3 rings (SSSR count). The molecule has 3 fully saturated rings. The molecular weight excluding hydrogens is 196 g/mol. The van der Waals surface area contributed by atoms with Crippen LogP contribution in [0.15, 0.2) is 0 Å². The first kappa shape index (κ1) is 11.1. The molecule has 0 unspecified atom stereocenters. The van der Waals surface area contributed by atoms with Crippen molar-refractivity contribution >= 4 is 0 Å². The second-order valence-corrected chi connectivity index (χ2v) is 7.79. The smallest absolute Gasteiger partial charge is 0.0604 e. The zero-order chi connectivity index (χ0) is 11.8. The van der Waals surface area contributed by atoms with Crippen molar-refractivity contribution in [3.63, 3.8) is 0 Å². The van der Waals surface area contributed by atoms with Gasteiger partial charge >= 0.3 is 0 Å². The second-order valence-electron chi connectivity index (χ2n) is 7.79. The molecule has 0 amide bonds. The molecule has 0 radical (unpaired) electrons. The molecule has 4 atom stereocenters. The SMILES string of the molecule is CC1(C)CCC[C@]2(C)[C@@]13CC[C@@]2(C)[C@@H](O)C3. The van der Waals surface area contributed by atoms with Crippen LogP contribution in [0.2, 0.25) is 0 Å². The summed E-state index contributed by atoms with van der Waals surface area (Å²) < 4.78 is 0. The highest BCUT2D eigenvalue weighted by molar-refractivity contribution is 5.24. The van der Waals surface area contributed by atoms with E-state index >= 15 is 0 Å². The van der Waals surface area contributed by atoms with Crippen LogP contribution in [0.3, 0.4) is 0 Å². The third kappa shape index (κ3) is 0.836. The van der Waals surface area contributed by atoms with Crippen LogP contribution in [-0.4, -0.2) is 11.2 Å². The maximum Gasteiger partial charge on any atom is 0.0604 e. The minimum Gasteiger partial charge on any atom is -0.393 e. The lowest BCUT2D eigenvalue weighted by Crippen LogP contribution is -2.49. The van der Waals surface area contributed by atoms with Crippen LogP contribution >= 0.6 is 0 Å². The minimum absolute atomic E-state index is 0.0522. The van der Waals surface area contributed by atoms with Gasteiger partial charge in [-0.1, -0.05) is 34.1 Å². The predicted molar refractivity (Wildman–Crippen MR) is 66.1 cm³/mol. The summed E-state index contributed by atoms with van der Waals surface area (Å²) in [6, 6.07) is 0. The fourth-order valence-electron chi connectivity index (χ4n) is 6.00. The number of hydrogen-bond donors (Lipinski definition) is 1. The van der Waals surface area contributed by atoms with Crippen molar-refractivity contribution in [2.24, 2.45) is 21.7 Å². The summed E-state index contributed by atoms with van der Waals surface area (Å²) in [6.07, 6.45) is 7.65. The summed E-state index contributed by atoms with van der Waals surface area (Å²) >= 11 is 0. The average molecular weight is 222 g/mol. The highest BCUT2D eigenvalue weighted by Crippen LogP contribution is 2.80. The highest BCUT2D eigenvalue weighted by Gasteiger charge is 2.75. The minimum atomic E-state index is -0.0522. The van der Waals surface area contributed by atoms with Crippen LogP contribution in [-0.2, 0) is 0 Å². The molecule has 0 heterocycles. The standard InChI is InChI=1S/C15H26O/c1-12(2)6-5-7-14(4)13(3)8-9-15(12,14)10-11(13)16/h11,16H,5-10H2,1-4H3/t11-,13-,14-,15+/m0/s1. The lowest BCUT2D eigenvalue weighted by molar-refractivity contribution is -0.0830. The Morgan fingerprint density at radius 1 is 0.938 bits per heavy atom. The van der Waals surface area contributed by atoms with Gasteiger partial charge < -0.3 is 5.11 Å². The van der Waals surface area contributed by atoms with E-state index in [1.807, 2.05) is 0 Å². The number of rotatable bonds is 0. The van der Waals surface area contributed by atoms with Crippen molar-refractivity contribution < 1.29 is 5.11 Å². The summed E-state index contributed by atoms with van der Waals surface area (Å²) in [5.41, 5.74) is 1.44. The Balaban J connectivity index is 2.18. The third-order valence-electron chi connectivity index (χ3n) is 7.44. The Kier molecular flexibility index (Phi) is 1.86. The molecule has 0 aromatic rings. The summed E-state index contributed by atoms with van der Waals surface area (Å²) in [5.74, 6) is 0. The number of aliphatic hydroxyl groups excluding tert-OH is 1. The van der Waals surface area contributed by atoms with Crippen LogP contribution in [0.25, 0.3) is 0 Å². The van der Waals surface area contributed by atoms with Gasteiger partial charge in [0.2, 0.25) is 0 Å². The molecule has 0 aliphatic heterocycles. The molecule has 3 saturated carbocycles. The third-order valence-corrected chi connectivity index (χ3v) is 7.44. The fourth-order valence-corrected chi connectivity index (χ4v) is 6.00. The molecule has 1 nitrogen and oxygen atoms in total. The van der Waals surface area contributed by atoms with Gasteiger partial charge in [0.15, 0.2) is 0 Å². The lowest BCUT2D eigenvalue weighted by atomic mass is 9.47. The summed E-state index contributed by atoms with van der Waals surface area (Å²) in [6.45, 7) is 9.74. The monoisotopic (exact) mass is 222 g/mol. The van der Waals surface area contributed by atoms with Gasteiger partial charge in [-0.2, -0.15) is 0 Å². The van der Waals surface area contributed by atoms with E-state index in [1.54, 1.807) is 0 Å². The van der Waals surface area contributed by atoms with Gasteiger partial charge in [0.05, 0.1) is 6.10 Å². The summed E-state index contributed by atoms with van der Waals surface area (Å²) in [7, 11) is 0. The molecule has 3 aliphatic rings. The average Bonchev–Trinajstić information content (AvgIpc) is 2.50. The van der Waals surface area contributed by atoms with Crippen molar-refractivity contribution in [3.05, 3.63) is 0 Å². The fraction of sp³-hybridized carbons (Fsp3) is 1.00. The Labute approximate surface area is 99.6 Å². The number of hydrogen-bond acceptors (Lipinski definition) is 1. The van der Waals surface area contributed by atoms with E-state index < -0.39 is 0 Å². The zero-order valence-electron chi connectivity index (χ0n) is 11.3. The molecule has 0 spiro atoms. The molecule has 0 aromatic carbocycles. The molecule has 0 aromatic heterocycles. The van der Waals surface area contributed by atoms with E-state index in [-0.39, 0.29) is 11.5 Å². The molecule has 3 aliphatic carbocycles. The van der Waals surface area contributed by atoms with Crippen LogP contribution in [0.5, 0.6) is 0 Å². The lowest BCUT2D eigenvalue weighted by Gasteiger charge is -2.57. The van der Waals surface area contributed by atoms with Crippen molar-refractivity contribution in [1.82, 2.24) is 0 Å². The van der Waals surface area contributed by atoms with Gasteiger partial charge in [0, 0.05) is 0 Å². The van der Waals surface area contributed by atoms with Crippen LogP contribution in [0.1, 0.15) is 66.2 Å². The molecule has 0 saturated heterocycles. The van der Waals surface area contributed by atoms with Crippen molar-refractivity contribution in [3.8, 4) is 0 Å². The van der Waals surface area contributed by atoms with Gasteiger partial charge in [-0.3, -0.25) is 0 Å². The van der Waals surface area contributed by atoms with Crippen LogP contribution in [0, 0.1) is 21.7 Å². The first-order chi connectivity index (χ1) is 7.29. The molecule has 1 N–H and O–H groups in total. The van der Waals surface area contributed by atoms with E-state index in [4.69, 9.17) is 0 Å². The Bertz CT molecular complexity index is 334. The Morgan fingerprint density at radius 3 is 2.19 bits per heavy atom. The van der Waals surface area contributed by atoms with Gasteiger partial charge in [-0.25, -0.2) is 0 Å². The largest absolute Gasteiger partial charge is 0.393 e. The molecular formula is C15H26O. The first-order valence-corrected chi connectivity index (χ1v) is 6.97. The molecule has 16 heavy (non-hydrogen) atoms. The Hall–Kier alpha value is -0.0400. The van der Waals surface area contributed by atoms with Gasteiger partial charge in [-0.05, 0) is 53.8 Å². The van der Waals surface area contributed by atoms with Gasteiger partial charge in [0.25, 0.3) is 0 Å². The number of aliphatic hydroxyl groups is 1. The first-order valence-electron chi connectivity index (χ1n) is 6.97. The molecule has 92 valence electrons. The second kappa shape index (κ2) is 2.68. The van der Waals surface area contributed by atoms with Gasteiger partial charge in [-0.15, -0.1) is 0 Å². The highest BCUT2D eigenvalue weighted by atomic mass is 16.3. The van der Waals surface area contributed by atoms with E-state index in [0.717, 1.165) is 6.42 Å². The summed E-state index contributed by atoms with van der Waals surface area (Å²) in [5, 5.41) is 10.5. The summed E-state index contributed by atoms with van der Waals surface area (Å²) in [4.78, 5) is 0. The van der Waals surface area contributed by atoms with Gasteiger partial charge in [0.1, 0.15) is 0 Å². The maximum absolute atomic E-state index is 10.5. The van der Waals surface area contributed by atoms with E-state index in [1.165, 1.54) is 32.1 Å². The van der Waals surface area contributed by atoms with E-state index in [9.17, 15) is 5.11 Å². The van der Waals surface area contributed by atoms with Crippen molar-refractivity contribution in [2.75, 3.05) is 0 Å².